The van der Waals surface area contributed by atoms with Crippen molar-refractivity contribution in [2.45, 2.75) is 6.92 Å². The molecule has 7 heteroatoms. The minimum Gasteiger partial charge on any atom is -0.503 e. The maximum Gasteiger partial charge on any atom is 0.203 e. The SMILES string of the molecule is COc1cc(/C=N/Nc2nc(C)cs2)cc(Br)c1O. The fourth-order valence-electron chi connectivity index (χ4n) is 1.39. The molecule has 0 saturated carbocycles. The molecule has 5 nitrogen and oxygen atoms in total. The summed E-state index contributed by atoms with van der Waals surface area (Å²) in [7, 11) is 1.50. The van der Waals surface area contributed by atoms with Crippen molar-refractivity contribution >= 4 is 38.6 Å². The first-order valence-electron chi connectivity index (χ1n) is 5.38. The number of methoxy groups -OCH3 is 1. The zero-order chi connectivity index (χ0) is 13.8. The van der Waals surface area contributed by atoms with E-state index in [0.29, 0.717) is 10.2 Å². The first-order chi connectivity index (χ1) is 9.10. The molecule has 2 rings (SSSR count). The number of halogens is 1. The standard InChI is InChI=1S/C12H12BrN3O2S/c1-7-6-19-12(15-7)16-14-5-8-3-9(13)11(17)10(4-8)18-2/h3-6,17H,1-2H3,(H,15,16)/b14-5+. The second-order valence-electron chi connectivity index (χ2n) is 3.72. The van der Waals surface area contributed by atoms with Gasteiger partial charge in [0, 0.05) is 5.38 Å². The number of nitrogens with zero attached hydrogens (tertiary/aromatic N) is 2. The third-order valence-corrected chi connectivity index (χ3v) is 3.73. The molecule has 0 atom stereocenters. The van der Waals surface area contributed by atoms with Gasteiger partial charge in [0.1, 0.15) is 0 Å². The van der Waals surface area contributed by atoms with E-state index in [0.717, 1.165) is 16.4 Å². The fraction of sp³-hybridized carbons (Fsp3) is 0.167. The summed E-state index contributed by atoms with van der Waals surface area (Å²) in [5.41, 5.74) is 4.59. The van der Waals surface area contributed by atoms with Gasteiger partial charge in [-0.3, -0.25) is 5.43 Å². The van der Waals surface area contributed by atoms with Crippen LogP contribution in [0.4, 0.5) is 5.13 Å². The molecule has 0 fully saturated rings. The number of phenolic OH excluding ortho intramolecular Hbond substituents is 1. The number of ether oxygens (including phenoxy) is 1. The normalized spacial score (nSPS) is 10.9. The lowest BCUT2D eigenvalue weighted by molar-refractivity contribution is 0.372. The smallest absolute Gasteiger partial charge is 0.203 e. The van der Waals surface area contributed by atoms with Crippen molar-refractivity contribution in [3.63, 3.8) is 0 Å². The van der Waals surface area contributed by atoms with Gasteiger partial charge in [0.2, 0.25) is 5.13 Å². The van der Waals surface area contributed by atoms with Crippen molar-refractivity contribution in [3.8, 4) is 11.5 Å². The number of phenols is 1. The van der Waals surface area contributed by atoms with Gasteiger partial charge in [-0.25, -0.2) is 4.98 Å². The van der Waals surface area contributed by atoms with Crippen molar-refractivity contribution in [1.29, 1.82) is 0 Å². The van der Waals surface area contributed by atoms with Crippen LogP contribution in [0.3, 0.4) is 0 Å². The Balaban J connectivity index is 2.12. The Kier molecular flexibility index (Phi) is 4.39. The number of benzene rings is 1. The largest absolute Gasteiger partial charge is 0.503 e. The van der Waals surface area contributed by atoms with Crippen LogP contribution >= 0.6 is 27.3 Å². The molecular weight excluding hydrogens is 330 g/mol. The molecule has 0 aliphatic heterocycles. The highest BCUT2D eigenvalue weighted by Gasteiger charge is 2.07. The third-order valence-electron chi connectivity index (χ3n) is 2.26. The van der Waals surface area contributed by atoms with Gasteiger partial charge < -0.3 is 9.84 Å². The topological polar surface area (TPSA) is 66.7 Å². The highest BCUT2D eigenvalue weighted by molar-refractivity contribution is 9.10. The number of aromatic nitrogens is 1. The summed E-state index contributed by atoms with van der Waals surface area (Å²) in [5.74, 6) is 0.462. The monoisotopic (exact) mass is 341 g/mol. The van der Waals surface area contributed by atoms with E-state index < -0.39 is 0 Å². The second-order valence-corrected chi connectivity index (χ2v) is 5.43. The van der Waals surface area contributed by atoms with E-state index in [-0.39, 0.29) is 5.75 Å². The highest BCUT2D eigenvalue weighted by atomic mass is 79.9. The number of aryl methyl sites for hydroxylation is 1. The van der Waals surface area contributed by atoms with Crippen molar-refractivity contribution in [1.82, 2.24) is 4.98 Å². The van der Waals surface area contributed by atoms with Gasteiger partial charge in [0.05, 0.1) is 23.5 Å². The second kappa shape index (κ2) is 6.03. The summed E-state index contributed by atoms with van der Waals surface area (Å²) in [6.07, 6.45) is 1.63. The van der Waals surface area contributed by atoms with Crippen LogP contribution in [0.5, 0.6) is 11.5 Å². The number of rotatable bonds is 4. The van der Waals surface area contributed by atoms with Gasteiger partial charge in [-0.2, -0.15) is 5.10 Å². The lowest BCUT2D eigenvalue weighted by Gasteiger charge is -2.06. The number of thiazole rings is 1. The van der Waals surface area contributed by atoms with Crippen molar-refractivity contribution < 1.29 is 9.84 Å². The zero-order valence-electron chi connectivity index (χ0n) is 10.3. The van der Waals surface area contributed by atoms with Crippen LogP contribution in [0.1, 0.15) is 11.3 Å². The quantitative estimate of drug-likeness (QED) is 0.660. The Labute approximate surface area is 123 Å². The predicted molar refractivity (Wildman–Crippen MR) is 80.4 cm³/mol. The summed E-state index contributed by atoms with van der Waals surface area (Å²) in [4.78, 5) is 4.23. The summed E-state index contributed by atoms with van der Waals surface area (Å²) >= 11 is 4.74. The molecule has 0 aliphatic carbocycles. The van der Waals surface area contributed by atoms with Crippen LogP contribution in [0.25, 0.3) is 0 Å². The maximum absolute atomic E-state index is 9.69. The molecule has 0 aliphatic rings. The van der Waals surface area contributed by atoms with Crippen LogP contribution < -0.4 is 10.2 Å². The Morgan fingerprint density at radius 2 is 2.32 bits per heavy atom. The molecule has 100 valence electrons. The van der Waals surface area contributed by atoms with E-state index in [1.807, 2.05) is 12.3 Å². The first-order valence-corrected chi connectivity index (χ1v) is 7.05. The van der Waals surface area contributed by atoms with Gasteiger partial charge in [-0.15, -0.1) is 11.3 Å². The molecule has 0 amide bonds. The Morgan fingerprint density at radius 1 is 1.53 bits per heavy atom. The molecule has 0 saturated heterocycles. The minimum absolute atomic E-state index is 0.0724. The van der Waals surface area contributed by atoms with Crippen LogP contribution in [0.2, 0.25) is 0 Å². The van der Waals surface area contributed by atoms with Gasteiger partial charge in [0.15, 0.2) is 11.5 Å². The minimum atomic E-state index is 0.0724. The van der Waals surface area contributed by atoms with Gasteiger partial charge in [0.25, 0.3) is 0 Å². The van der Waals surface area contributed by atoms with E-state index in [2.05, 4.69) is 31.4 Å². The van der Waals surface area contributed by atoms with Gasteiger partial charge in [-0.05, 0) is 40.5 Å². The first kappa shape index (κ1) is 13.8. The van der Waals surface area contributed by atoms with Crippen molar-refractivity contribution in [3.05, 3.63) is 33.2 Å². The Bertz CT molecular complexity index is 613. The summed E-state index contributed by atoms with van der Waals surface area (Å²) in [5, 5.41) is 16.5. The van der Waals surface area contributed by atoms with E-state index in [4.69, 9.17) is 4.74 Å². The molecule has 2 aromatic rings. The Hall–Kier alpha value is -1.60. The van der Waals surface area contributed by atoms with Gasteiger partial charge >= 0.3 is 0 Å². The number of nitrogens with one attached hydrogen (secondary N) is 1. The van der Waals surface area contributed by atoms with E-state index in [9.17, 15) is 5.11 Å². The van der Waals surface area contributed by atoms with Crippen LogP contribution in [-0.4, -0.2) is 23.4 Å². The van der Waals surface area contributed by atoms with Crippen molar-refractivity contribution in [2.75, 3.05) is 12.5 Å². The molecule has 0 bridgehead atoms. The van der Waals surface area contributed by atoms with Crippen LogP contribution in [-0.2, 0) is 0 Å². The number of anilines is 1. The van der Waals surface area contributed by atoms with Crippen LogP contribution in [0.15, 0.2) is 27.1 Å². The highest BCUT2D eigenvalue weighted by Crippen LogP contribution is 2.34. The molecule has 1 heterocycles. The van der Waals surface area contributed by atoms with E-state index in [1.54, 1.807) is 18.3 Å². The van der Waals surface area contributed by atoms with Gasteiger partial charge in [-0.1, -0.05) is 0 Å². The third kappa shape index (κ3) is 3.45. The lowest BCUT2D eigenvalue weighted by atomic mass is 10.2. The maximum atomic E-state index is 9.69. The summed E-state index contributed by atoms with van der Waals surface area (Å²) < 4.78 is 5.62. The number of aromatic hydroxyl groups is 1. The summed E-state index contributed by atoms with van der Waals surface area (Å²) in [6, 6.07) is 3.44. The molecule has 1 aromatic carbocycles. The average molecular weight is 342 g/mol. The average Bonchev–Trinajstić information content (AvgIpc) is 2.79. The number of hydrazone groups is 1. The van der Waals surface area contributed by atoms with E-state index >= 15 is 0 Å². The summed E-state index contributed by atoms with van der Waals surface area (Å²) in [6.45, 7) is 1.92. The molecule has 19 heavy (non-hydrogen) atoms. The predicted octanol–water partition coefficient (Wildman–Crippen LogP) is 3.37. The fourth-order valence-corrected chi connectivity index (χ4v) is 2.49. The van der Waals surface area contributed by atoms with Crippen molar-refractivity contribution in [2.24, 2.45) is 5.10 Å². The molecular formula is C12H12BrN3O2S. The Morgan fingerprint density at radius 3 is 2.95 bits per heavy atom. The molecule has 1 aromatic heterocycles. The molecule has 0 unspecified atom stereocenters. The molecule has 0 spiro atoms. The number of hydrogen-bond acceptors (Lipinski definition) is 6. The zero-order valence-corrected chi connectivity index (χ0v) is 12.7. The number of hydrogen-bond donors (Lipinski definition) is 2. The molecule has 2 N–H and O–H groups in total. The molecule has 0 radical (unpaired) electrons. The van der Waals surface area contributed by atoms with E-state index in [1.165, 1.54) is 18.4 Å². The lowest BCUT2D eigenvalue weighted by Crippen LogP contribution is -1.92. The van der Waals surface area contributed by atoms with Crippen LogP contribution in [0, 0.1) is 6.92 Å².